The topological polar surface area (TPSA) is 3.24 Å². The molecule has 1 unspecified atom stereocenters. The van der Waals surface area contributed by atoms with Crippen LogP contribution >= 0.6 is 0 Å². The van der Waals surface area contributed by atoms with E-state index in [2.05, 4.69) is 115 Å². The van der Waals surface area contributed by atoms with Crippen LogP contribution in [0.1, 0.15) is 12.0 Å². The van der Waals surface area contributed by atoms with Crippen molar-refractivity contribution in [1.82, 2.24) is 0 Å². The molecular weight excluding hydrogens is 338 g/mol. The summed E-state index contributed by atoms with van der Waals surface area (Å²) in [6, 6.07) is 24.1. The summed E-state index contributed by atoms with van der Waals surface area (Å²) >= 11 is 0. The average molecular weight is 361 g/mol. The molecule has 1 heteroatoms. The number of aryl methyl sites for hydroxylation is 1. The molecule has 0 N–H and O–H groups in total. The minimum absolute atomic E-state index is 0.505. The summed E-state index contributed by atoms with van der Waals surface area (Å²) in [5.41, 5.74) is 6.29. The molecule has 0 bridgehead atoms. The molecule has 0 amide bonds. The van der Waals surface area contributed by atoms with Gasteiger partial charge in [0.15, 0.2) is 0 Å². The highest BCUT2D eigenvalue weighted by Gasteiger charge is 2.20. The van der Waals surface area contributed by atoms with E-state index in [9.17, 15) is 0 Å². The summed E-state index contributed by atoms with van der Waals surface area (Å²) in [6.45, 7) is 2.13. The lowest BCUT2D eigenvalue weighted by Crippen LogP contribution is -2.19. The summed E-state index contributed by atoms with van der Waals surface area (Å²) in [6.07, 6.45) is 14.6. The van der Waals surface area contributed by atoms with Crippen LogP contribution in [0.3, 0.4) is 0 Å². The van der Waals surface area contributed by atoms with E-state index in [1.165, 1.54) is 39.0 Å². The van der Waals surface area contributed by atoms with Crippen LogP contribution in [0.25, 0.3) is 10.8 Å². The molecule has 28 heavy (non-hydrogen) atoms. The third-order valence-corrected chi connectivity index (χ3v) is 5.61. The molecule has 2 aliphatic carbocycles. The first-order valence-corrected chi connectivity index (χ1v) is 9.90. The zero-order chi connectivity index (χ0) is 18.9. The predicted octanol–water partition coefficient (Wildman–Crippen LogP) is 7.24. The Kier molecular flexibility index (Phi) is 4.21. The van der Waals surface area contributed by atoms with Crippen molar-refractivity contribution in [3.8, 4) is 0 Å². The lowest BCUT2D eigenvalue weighted by atomic mass is 9.87. The Hall–Kier alpha value is -3.32. The van der Waals surface area contributed by atoms with Gasteiger partial charge >= 0.3 is 0 Å². The maximum atomic E-state index is 2.38. The molecule has 3 aromatic rings. The van der Waals surface area contributed by atoms with Gasteiger partial charge in [-0.3, -0.25) is 0 Å². The Morgan fingerprint density at radius 2 is 1.61 bits per heavy atom. The second-order valence-electron chi connectivity index (χ2n) is 7.56. The first kappa shape index (κ1) is 16.8. The summed E-state index contributed by atoms with van der Waals surface area (Å²) in [5, 5.41) is 2.53. The quantitative estimate of drug-likeness (QED) is 0.475. The van der Waals surface area contributed by atoms with Crippen molar-refractivity contribution in [3.63, 3.8) is 0 Å². The highest BCUT2D eigenvalue weighted by atomic mass is 15.1. The summed E-state index contributed by atoms with van der Waals surface area (Å²) < 4.78 is 0. The molecule has 0 heterocycles. The van der Waals surface area contributed by atoms with E-state index in [0.717, 1.165) is 6.42 Å². The Balaban J connectivity index is 1.64. The SMILES string of the molecule is Cc1ccc(N(C2=CCC3C=CC=CC3=C2)c2ccc3ccccc3c2)cc1. The van der Waals surface area contributed by atoms with Crippen LogP contribution in [0.15, 0.2) is 114 Å². The van der Waals surface area contributed by atoms with Gasteiger partial charge in [0.2, 0.25) is 0 Å². The third-order valence-electron chi connectivity index (χ3n) is 5.61. The van der Waals surface area contributed by atoms with Crippen LogP contribution in [-0.4, -0.2) is 0 Å². The predicted molar refractivity (Wildman–Crippen MR) is 120 cm³/mol. The highest BCUT2D eigenvalue weighted by molar-refractivity contribution is 5.88. The van der Waals surface area contributed by atoms with E-state index in [-0.39, 0.29) is 0 Å². The monoisotopic (exact) mass is 361 g/mol. The highest BCUT2D eigenvalue weighted by Crippen LogP contribution is 2.37. The molecule has 2 aliphatic rings. The zero-order valence-corrected chi connectivity index (χ0v) is 16.0. The lowest BCUT2D eigenvalue weighted by molar-refractivity contribution is 0.768. The maximum absolute atomic E-state index is 2.38. The van der Waals surface area contributed by atoms with Crippen molar-refractivity contribution in [2.75, 3.05) is 4.90 Å². The largest absolute Gasteiger partial charge is 0.311 e. The first-order chi connectivity index (χ1) is 13.8. The molecule has 0 fully saturated rings. The smallest absolute Gasteiger partial charge is 0.0467 e. The average Bonchev–Trinajstić information content (AvgIpc) is 2.75. The number of fused-ring (bicyclic) bond motifs is 2. The Bertz CT molecular complexity index is 1140. The van der Waals surface area contributed by atoms with E-state index in [4.69, 9.17) is 0 Å². The molecule has 1 nitrogen and oxygen atoms in total. The third kappa shape index (κ3) is 3.10. The van der Waals surface area contributed by atoms with Gasteiger partial charge in [-0.25, -0.2) is 0 Å². The van der Waals surface area contributed by atoms with Crippen LogP contribution < -0.4 is 4.90 Å². The molecule has 0 saturated heterocycles. The molecule has 0 aromatic heterocycles. The van der Waals surface area contributed by atoms with Crippen molar-refractivity contribution >= 4 is 22.1 Å². The van der Waals surface area contributed by atoms with Gasteiger partial charge in [-0.05, 0) is 60.0 Å². The van der Waals surface area contributed by atoms with Gasteiger partial charge in [-0.1, -0.05) is 78.4 Å². The summed E-state index contributed by atoms with van der Waals surface area (Å²) in [7, 11) is 0. The second-order valence-corrected chi connectivity index (χ2v) is 7.56. The maximum Gasteiger partial charge on any atom is 0.0467 e. The Labute approximate surface area is 166 Å². The van der Waals surface area contributed by atoms with E-state index in [1.807, 2.05) is 0 Å². The molecule has 5 rings (SSSR count). The number of allylic oxidation sites excluding steroid dienone is 7. The van der Waals surface area contributed by atoms with Crippen molar-refractivity contribution in [2.45, 2.75) is 13.3 Å². The van der Waals surface area contributed by atoms with Gasteiger partial charge in [-0.2, -0.15) is 0 Å². The number of rotatable bonds is 3. The fraction of sp³-hybridized carbons (Fsp3) is 0.111. The number of hydrogen-bond acceptors (Lipinski definition) is 1. The van der Waals surface area contributed by atoms with Crippen LogP contribution in [0.4, 0.5) is 11.4 Å². The number of anilines is 2. The number of hydrogen-bond donors (Lipinski definition) is 0. The zero-order valence-electron chi connectivity index (χ0n) is 16.0. The first-order valence-electron chi connectivity index (χ1n) is 9.90. The van der Waals surface area contributed by atoms with Gasteiger partial charge in [0.1, 0.15) is 0 Å². The van der Waals surface area contributed by atoms with E-state index in [0.29, 0.717) is 5.92 Å². The van der Waals surface area contributed by atoms with Crippen LogP contribution in [0.5, 0.6) is 0 Å². The molecule has 0 spiro atoms. The Morgan fingerprint density at radius 1 is 0.821 bits per heavy atom. The van der Waals surface area contributed by atoms with Crippen molar-refractivity contribution in [2.24, 2.45) is 5.92 Å². The van der Waals surface area contributed by atoms with Crippen molar-refractivity contribution < 1.29 is 0 Å². The minimum atomic E-state index is 0.505. The number of benzene rings is 3. The second kappa shape index (κ2) is 7.01. The van der Waals surface area contributed by atoms with E-state index in [1.54, 1.807) is 0 Å². The van der Waals surface area contributed by atoms with Crippen molar-refractivity contribution in [3.05, 3.63) is 120 Å². The van der Waals surface area contributed by atoms with Gasteiger partial charge in [-0.15, -0.1) is 0 Å². The van der Waals surface area contributed by atoms with E-state index < -0.39 is 0 Å². The molecule has 0 radical (unpaired) electrons. The fourth-order valence-electron chi connectivity index (χ4n) is 4.06. The molecule has 0 saturated carbocycles. The molecule has 0 aliphatic heterocycles. The molecular formula is C27H23N. The molecule has 136 valence electrons. The summed E-state index contributed by atoms with van der Waals surface area (Å²) in [4.78, 5) is 2.38. The van der Waals surface area contributed by atoms with Gasteiger partial charge in [0.05, 0.1) is 0 Å². The lowest BCUT2D eigenvalue weighted by Gasteiger charge is -2.31. The normalized spacial score (nSPS) is 17.8. The fourth-order valence-corrected chi connectivity index (χ4v) is 4.06. The Morgan fingerprint density at radius 3 is 2.46 bits per heavy atom. The standard InChI is InChI=1S/C27H23N/c1-20-10-14-25(15-11-20)28(26-16-12-21-6-2-4-8-23(21)18-26)27-17-13-22-7-3-5-9-24(22)19-27/h2-12,14-19,22H,13H2,1H3. The van der Waals surface area contributed by atoms with Gasteiger partial charge in [0.25, 0.3) is 0 Å². The molecule has 1 atom stereocenters. The van der Waals surface area contributed by atoms with Crippen LogP contribution in [0, 0.1) is 12.8 Å². The molecule has 3 aromatic carbocycles. The van der Waals surface area contributed by atoms with Crippen LogP contribution in [-0.2, 0) is 0 Å². The van der Waals surface area contributed by atoms with E-state index >= 15 is 0 Å². The van der Waals surface area contributed by atoms with Gasteiger partial charge < -0.3 is 4.90 Å². The summed E-state index contributed by atoms with van der Waals surface area (Å²) in [5.74, 6) is 0.505. The van der Waals surface area contributed by atoms with Gasteiger partial charge in [0, 0.05) is 23.0 Å². The minimum Gasteiger partial charge on any atom is -0.311 e. The van der Waals surface area contributed by atoms with Crippen LogP contribution in [0.2, 0.25) is 0 Å². The number of nitrogens with zero attached hydrogens (tertiary/aromatic N) is 1. The van der Waals surface area contributed by atoms with Crippen molar-refractivity contribution in [1.29, 1.82) is 0 Å².